The van der Waals surface area contributed by atoms with E-state index < -0.39 is 0 Å². The molecule has 18 heavy (non-hydrogen) atoms. The van der Waals surface area contributed by atoms with Crippen LogP contribution in [0, 0.1) is 22.7 Å². The molecule has 0 aromatic carbocycles. The van der Waals surface area contributed by atoms with Gasteiger partial charge in [0.2, 0.25) is 0 Å². The molecule has 1 heterocycles. The molecule has 3 fully saturated rings. The van der Waals surface area contributed by atoms with Gasteiger partial charge in [-0.05, 0) is 43.6 Å². The highest BCUT2D eigenvalue weighted by atomic mass is 16.5. The summed E-state index contributed by atoms with van der Waals surface area (Å²) in [5.74, 6) is 0.868. The average Bonchev–Trinajstić information content (AvgIpc) is 2.95. The van der Waals surface area contributed by atoms with Gasteiger partial charge in [0.1, 0.15) is 6.10 Å². The van der Waals surface area contributed by atoms with Gasteiger partial charge in [-0.25, -0.2) is 0 Å². The Hall–Kier alpha value is -0.570. The van der Waals surface area contributed by atoms with Crippen LogP contribution in [0.15, 0.2) is 0 Å². The molecule has 0 aromatic heterocycles. The summed E-state index contributed by atoms with van der Waals surface area (Å²) < 4.78 is 5.89. The van der Waals surface area contributed by atoms with E-state index in [-0.39, 0.29) is 23.4 Å². The van der Waals surface area contributed by atoms with Crippen LogP contribution < -0.4 is 5.32 Å². The molecule has 2 saturated carbocycles. The van der Waals surface area contributed by atoms with Crippen molar-refractivity contribution in [1.29, 1.82) is 0 Å². The lowest BCUT2D eigenvalue weighted by atomic mass is 9.70. The first-order valence-corrected chi connectivity index (χ1v) is 7.36. The molecular formula is C15H25NO2. The Balaban J connectivity index is 1.70. The van der Waals surface area contributed by atoms with Crippen LogP contribution in [0.25, 0.3) is 0 Å². The Morgan fingerprint density at radius 3 is 2.56 bits per heavy atom. The quantitative estimate of drug-likeness (QED) is 0.766. The minimum absolute atomic E-state index is 0.0366. The minimum atomic E-state index is 0.0366. The third kappa shape index (κ3) is 1.56. The Labute approximate surface area is 110 Å². The van der Waals surface area contributed by atoms with Gasteiger partial charge in [0.25, 0.3) is 0 Å². The molecule has 3 nitrogen and oxygen atoms in total. The van der Waals surface area contributed by atoms with E-state index in [1.54, 1.807) is 0 Å². The molecule has 102 valence electrons. The lowest BCUT2D eigenvalue weighted by molar-refractivity contribution is -0.161. The first kappa shape index (κ1) is 12.5. The molecule has 3 aliphatic rings. The first-order chi connectivity index (χ1) is 8.45. The third-order valence-corrected chi connectivity index (χ3v) is 6.37. The zero-order chi connectivity index (χ0) is 13.0. The highest BCUT2D eigenvalue weighted by Gasteiger charge is 2.63. The van der Waals surface area contributed by atoms with E-state index in [4.69, 9.17) is 4.74 Å². The first-order valence-electron chi connectivity index (χ1n) is 7.36. The molecule has 0 spiro atoms. The summed E-state index contributed by atoms with van der Waals surface area (Å²) in [6, 6.07) is 0. The van der Waals surface area contributed by atoms with Crippen molar-refractivity contribution in [2.24, 2.45) is 22.7 Å². The summed E-state index contributed by atoms with van der Waals surface area (Å²) >= 11 is 0. The van der Waals surface area contributed by atoms with E-state index in [9.17, 15) is 4.79 Å². The second-order valence-electron chi connectivity index (χ2n) is 7.23. The van der Waals surface area contributed by atoms with Crippen molar-refractivity contribution in [3.8, 4) is 0 Å². The summed E-state index contributed by atoms with van der Waals surface area (Å²) in [7, 11) is 0. The maximum absolute atomic E-state index is 12.2. The second-order valence-corrected chi connectivity index (χ2v) is 7.23. The molecule has 2 bridgehead atoms. The van der Waals surface area contributed by atoms with Crippen molar-refractivity contribution in [1.82, 2.24) is 5.32 Å². The van der Waals surface area contributed by atoms with Crippen molar-refractivity contribution >= 4 is 5.97 Å². The van der Waals surface area contributed by atoms with Crippen molar-refractivity contribution in [3.05, 3.63) is 0 Å². The standard InChI is InChI=1S/C15H25NO2/c1-14(2)11-4-6-15(14,3)12(8-11)18-13(17)10-5-7-16-9-10/h10-12,16H,4-9H2,1-3H3. The molecule has 3 heteroatoms. The number of hydrogen-bond donors (Lipinski definition) is 1. The fourth-order valence-corrected chi connectivity index (χ4v) is 4.40. The predicted molar refractivity (Wildman–Crippen MR) is 70.1 cm³/mol. The van der Waals surface area contributed by atoms with E-state index >= 15 is 0 Å². The molecule has 0 amide bonds. The number of fused-ring (bicyclic) bond motifs is 2. The van der Waals surface area contributed by atoms with Crippen LogP contribution in [-0.2, 0) is 9.53 Å². The van der Waals surface area contributed by atoms with Crippen molar-refractivity contribution in [3.63, 3.8) is 0 Å². The number of nitrogens with one attached hydrogen (secondary N) is 1. The number of esters is 1. The number of carbonyl (C=O) groups excluding carboxylic acids is 1. The van der Waals surface area contributed by atoms with Crippen LogP contribution in [0.2, 0.25) is 0 Å². The lowest BCUT2D eigenvalue weighted by Gasteiger charge is -2.38. The number of carbonyl (C=O) groups is 1. The summed E-state index contributed by atoms with van der Waals surface area (Å²) in [5, 5.41) is 3.24. The second kappa shape index (κ2) is 3.96. The van der Waals surface area contributed by atoms with Gasteiger partial charge >= 0.3 is 5.97 Å². The Bertz CT molecular complexity index is 360. The van der Waals surface area contributed by atoms with Crippen molar-refractivity contribution in [2.45, 2.75) is 52.6 Å². The zero-order valence-electron chi connectivity index (χ0n) is 11.8. The molecular weight excluding hydrogens is 226 g/mol. The molecule has 1 saturated heterocycles. The maximum Gasteiger partial charge on any atom is 0.310 e. The van der Waals surface area contributed by atoms with Crippen molar-refractivity contribution < 1.29 is 9.53 Å². The maximum atomic E-state index is 12.2. The van der Waals surface area contributed by atoms with E-state index in [0.717, 1.165) is 31.8 Å². The monoisotopic (exact) mass is 251 g/mol. The largest absolute Gasteiger partial charge is 0.462 e. The Morgan fingerprint density at radius 1 is 1.28 bits per heavy atom. The summed E-state index contributed by atoms with van der Waals surface area (Å²) in [6.07, 6.45) is 4.69. The predicted octanol–water partition coefficient (Wildman–Crippen LogP) is 2.35. The summed E-state index contributed by atoms with van der Waals surface area (Å²) in [5.41, 5.74) is 0.519. The average molecular weight is 251 g/mol. The summed E-state index contributed by atoms with van der Waals surface area (Å²) in [6.45, 7) is 8.79. The van der Waals surface area contributed by atoms with E-state index in [2.05, 4.69) is 26.1 Å². The smallest absolute Gasteiger partial charge is 0.310 e. The number of ether oxygens (including phenoxy) is 1. The highest BCUT2D eigenvalue weighted by Crippen LogP contribution is 2.66. The topological polar surface area (TPSA) is 38.3 Å². The molecule has 3 rings (SSSR count). The Kier molecular flexibility index (Phi) is 2.74. The molecule has 0 radical (unpaired) electrons. The van der Waals surface area contributed by atoms with Gasteiger partial charge in [0.15, 0.2) is 0 Å². The fourth-order valence-electron chi connectivity index (χ4n) is 4.40. The molecule has 2 aliphatic carbocycles. The van der Waals surface area contributed by atoms with Gasteiger partial charge in [0.05, 0.1) is 5.92 Å². The molecule has 1 aliphatic heterocycles. The highest BCUT2D eigenvalue weighted by molar-refractivity contribution is 5.73. The molecule has 4 atom stereocenters. The molecule has 4 unspecified atom stereocenters. The Morgan fingerprint density at radius 2 is 2.06 bits per heavy atom. The van der Waals surface area contributed by atoms with Gasteiger partial charge in [0, 0.05) is 12.0 Å². The molecule has 0 aromatic rings. The van der Waals surface area contributed by atoms with Crippen molar-refractivity contribution in [2.75, 3.05) is 13.1 Å². The zero-order valence-corrected chi connectivity index (χ0v) is 11.8. The van der Waals surface area contributed by atoms with Gasteiger partial charge in [-0.1, -0.05) is 20.8 Å². The van der Waals surface area contributed by atoms with Gasteiger partial charge in [-0.3, -0.25) is 4.79 Å². The fraction of sp³-hybridized carbons (Fsp3) is 0.933. The number of rotatable bonds is 2. The minimum Gasteiger partial charge on any atom is -0.462 e. The van der Waals surface area contributed by atoms with Gasteiger partial charge in [-0.2, -0.15) is 0 Å². The van der Waals surface area contributed by atoms with E-state index in [1.165, 1.54) is 12.8 Å². The van der Waals surface area contributed by atoms with E-state index in [0.29, 0.717) is 5.41 Å². The molecule has 1 N–H and O–H groups in total. The van der Waals surface area contributed by atoms with Crippen LogP contribution in [0.3, 0.4) is 0 Å². The van der Waals surface area contributed by atoms with Crippen LogP contribution >= 0.6 is 0 Å². The van der Waals surface area contributed by atoms with E-state index in [1.807, 2.05) is 0 Å². The van der Waals surface area contributed by atoms with Crippen LogP contribution in [0.5, 0.6) is 0 Å². The SMILES string of the molecule is CC1(C)C2CCC1(C)C(OC(=O)C1CCNC1)C2. The third-order valence-electron chi connectivity index (χ3n) is 6.37. The van der Waals surface area contributed by atoms with Gasteiger partial charge in [-0.15, -0.1) is 0 Å². The van der Waals surface area contributed by atoms with Crippen LogP contribution in [-0.4, -0.2) is 25.2 Å². The van der Waals surface area contributed by atoms with Crippen LogP contribution in [0.1, 0.15) is 46.5 Å². The summed E-state index contributed by atoms with van der Waals surface area (Å²) in [4.78, 5) is 12.2. The lowest BCUT2D eigenvalue weighted by Crippen LogP contribution is -2.39. The number of hydrogen-bond acceptors (Lipinski definition) is 3. The van der Waals surface area contributed by atoms with Crippen LogP contribution in [0.4, 0.5) is 0 Å². The normalized spacial score (nSPS) is 45.4. The van der Waals surface area contributed by atoms with Gasteiger partial charge < -0.3 is 10.1 Å².